The number of unbranched alkanes of at least 4 members (excludes halogenated alkanes) is 1. The summed E-state index contributed by atoms with van der Waals surface area (Å²) < 4.78 is 13.5. The quantitative estimate of drug-likeness (QED) is 0.0893. The van der Waals surface area contributed by atoms with Crippen molar-refractivity contribution in [2.24, 2.45) is 5.92 Å². The van der Waals surface area contributed by atoms with Crippen molar-refractivity contribution in [1.29, 1.82) is 5.26 Å². The van der Waals surface area contributed by atoms with Gasteiger partial charge in [0, 0.05) is 48.5 Å². The van der Waals surface area contributed by atoms with E-state index >= 15 is 0 Å². The number of benzene rings is 1. The van der Waals surface area contributed by atoms with Gasteiger partial charge >= 0.3 is 0 Å². The van der Waals surface area contributed by atoms with Crippen molar-refractivity contribution < 1.29 is 24.0 Å². The first-order valence-electron chi connectivity index (χ1n) is 23.8. The number of hydrogen-bond acceptors (Lipinski definition) is 18. The highest BCUT2D eigenvalue weighted by atomic mass is 32.1. The van der Waals surface area contributed by atoms with Crippen molar-refractivity contribution in [2.45, 2.75) is 109 Å². The second-order valence-electron chi connectivity index (χ2n) is 18.7. The van der Waals surface area contributed by atoms with E-state index in [1.54, 1.807) is 52.4 Å². The molecule has 19 nitrogen and oxygen atoms in total. The Balaban J connectivity index is 0.738. The highest BCUT2D eigenvalue weighted by molar-refractivity contribution is 7.16. The lowest BCUT2D eigenvalue weighted by atomic mass is 9.72. The summed E-state index contributed by atoms with van der Waals surface area (Å²) in [6.07, 6.45) is 11.7. The summed E-state index contributed by atoms with van der Waals surface area (Å²) in [5.41, 5.74) is 8.48. The maximum atomic E-state index is 14.1. The Kier molecular flexibility index (Phi) is 14.2. The zero-order valence-electron chi connectivity index (χ0n) is 39.4. The molecule has 5 aromatic heterocycles. The van der Waals surface area contributed by atoms with E-state index in [9.17, 15) is 20.0 Å². The normalized spacial score (nSPS) is 20.1. The third kappa shape index (κ3) is 10.1. The lowest BCUT2D eigenvalue weighted by molar-refractivity contribution is -0.142. The molecule has 0 spiro atoms. The lowest BCUT2D eigenvalue weighted by Gasteiger charge is -2.30. The number of nitrogens with zero attached hydrogens (tertiary/aromatic N) is 12. The number of aromatic hydroxyl groups is 1. The second-order valence-corrected chi connectivity index (χ2v) is 20.9. The number of phenols is 1. The van der Waals surface area contributed by atoms with E-state index < -0.39 is 17.5 Å². The molecule has 4 N–H and O–H groups in total. The Morgan fingerprint density at radius 1 is 1.12 bits per heavy atom. The van der Waals surface area contributed by atoms with E-state index in [4.69, 9.17) is 25.0 Å². The number of carbonyl (C=O) groups is 2. The molecule has 0 saturated carbocycles. The lowest BCUT2D eigenvalue weighted by Crippen LogP contribution is -2.48. The van der Waals surface area contributed by atoms with E-state index in [0.717, 1.165) is 97.0 Å². The van der Waals surface area contributed by atoms with Gasteiger partial charge in [0.2, 0.25) is 29.5 Å². The van der Waals surface area contributed by atoms with Gasteiger partial charge in [0.1, 0.15) is 39.6 Å². The monoisotopic (exact) mass is 974 g/mol. The van der Waals surface area contributed by atoms with Gasteiger partial charge < -0.3 is 40.1 Å². The van der Waals surface area contributed by atoms with Crippen LogP contribution in [0.4, 0.5) is 10.9 Å². The van der Waals surface area contributed by atoms with Crippen LogP contribution in [0.1, 0.15) is 106 Å². The number of ether oxygens (including phenoxy) is 1. The first kappa shape index (κ1) is 47.6. The summed E-state index contributed by atoms with van der Waals surface area (Å²) in [7, 11) is 0. The van der Waals surface area contributed by atoms with Crippen LogP contribution in [0.5, 0.6) is 11.6 Å². The molecule has 9 rings (SSSR count). The molecular formula is C48H58N14O5S2. The highest BCUT2D eigenvalue weighted by Crippen LogP contribution is 2.48. The van der Waals surface area contributed by atoms with Crippen molar-refractivity contribution in [2.75, 3.05) is 50.0 Å². The van der Waals surface area contributed by atoms with Crippen molar-refractivity contribution in [3.05, 3.63) is 75.8 Å². The minimum atomic E-state index is -0.651. The first-order valence-corrected chi connectivity index (χ1v) is 25.4. The summed E-state index contributed by atoms with van der Waals surface area (Å²) in [4.78, 5) is 54.8. The van der Waals surface area contributed by atoms with Gasteiger partial charge in [0.05, 0.1) is 35.2 Å². The number of nitrogens with one attached hydrogen (secondary N) is 1. The van der Waals surface area contributed by atoms with Gasteiger partial charge in [0.15, 0.2) is 0 Å². The van der Waals surface area contributed by atoms with E-state index in [1.807, 2.05) is 19.9 Å². The number of carbonyl (C=O) groups excluding carboxylic acids is 2. The average molecular weight is 975 g/mol. The largest absolute Gasteiger partial charge is 0.508 e. The smallest absolute Gasteiger partial charge is 0.253 e. The third-order valence-corrected chi connectivity index (χ3v) is 15.5. The number of nitriles is 1. The van der Waals surface area contributed by atoms with Gasteiger partial charge in [-0.1, -0.05) is 41.4 Å². The number of nitrogen functional groups attached to an aromatic ring is 1. The number of likely N-dealkylation sites (tertiary alicyclic amines) is 1. The predicted molar refractivity (Wildman–Crippen MR) is 260 cm³/mol. The Hall–Kier alpha value is -6.50. The Labute approximate surface area is 408 Å². The molecule has 362 valence electrons. The molecule has 4 atom stereocenters. The summed E-state index contributed by atoms with van der Waals surface area (Å²) in [6, 6.07) is 9.99. The first-order chi connectivity index (χ1) is 33.4. The molecule has 2 saturated heterocycles. The van der Waals surface area contributed by atoms with Gasteiger partial charge in [-0.3, -0.25) is 9.59 Å². The number of aromatic nitrogens is 8. The molecule has 0 radical (unpaired) electrons. The number of thiophene rings is 1. The fourth-order valence-corrected chi connectivity index (χ4v) is 12.0. The molecule has 6 aromatic rings. The molecule has 1 aromatic carbocycles. The van der Waals surface area contributed by atoms with E-state index in [-0.39, 0.29) is 36.1 Å². The topological polar surface area (TPSA) is 243 Å². The summed E-state index contributed by atoms with van der Waals surface area (Å²) in [6.45, 7) is 12.9. The van der Waals surface area contributed by atoms with Crippen molar-refractivity contribution in [3.8, 4) is 39.7 Å². The van der Waals surface area contributed by atoms with Crippen LogP contribution in [0.25, 0.3) is 22.0 Å². The van der Waals surface area contributed by atoms with Crippen molar-refractivity contribution in [1.82, 2.24) is 55.2 Å². The molecule has 2 aliphatic heterocycles. The Morgan fingerprint density at radius 3 is 2.81 bits per heavy atom. The zero-order chi connectivity index (χ0) is 48.2. The van der Waals surface area contributed by atoms with Crippen LogP contribution in [0, 0.1) is 17.2 Å². The van der Waals surface area contributed by atoms with E-state index in [2.05, 4.69) is 60.5 Å². The predicted octanol–water partition coefficient (Wildman–Crippen LogP) is 6.37. The molecular weight excluding hydrogens is 917 g/mol. The van der Waals surface area contributed by atoms with Gasteiger partial charge in [-0.2, -0.15) is 10.2 Å². The molecule has 1 aliphatic carbocycles. The SMILES string of the molecule is CC(C)[C@@H](C(=O)N1CCC[C@H]1C(=O)NCc1ncc(-c2cccc(O)c2)s1)n1cc(OCCCCN2CCCN(c3nccc(-c4noc([C@@]5(C)CCCc6sc(N)c(C#N)c65)n4)n3)[C@@H](C)C2)nn1. The van der Waals surface area contributed by atoms with E-state index in [1.165, 1.54) is 22.7 Å². The maximum absolute atomic E-state index is 14.1. The molecule has 21 heteroatoms. The highest BCUT2D eigenvalue weighted by Gasteiger charge is 2.43. The third-order valence-electron chi connectivity index (χ3n) is 13.4. The number of amides is 2. The fraction of sp³-hybridized carbons (Fsp3) is 0.500. The fourth-order valence-electron chi connectivity index (χ4n) is 9.94. The number of fused-ring (bicyclic) bond motifs is 1. The van der Waals surface area contributed by atoms with Crippen LogP contribution in [0.3, 0.4) is 0 Å². The van der Waals surface area contributed by atoms with Crippen LogP contribution < -0.4 is 20.7 Å². The van der Waals surface area contributed by atoms with Crippen LogP contribution in [-0.2, 0) is 28.0 Å². The second kappa shape index (κ2) is 20.6. The number of nitrogens with two attached hydrogens (primary N) is 1. The number of phenolic OH excluding ortho intramolecular Hbond substituents is 1. The Morgan fingerprint density at radius 2 is 1.99 bits per heavy atom. The summed E-state index contributed by atoms with van der Waals surface area (Å²) >= 11 is 2.92. The molecule has 3 aliphatic rings. The standard InChI is InChI=1S/C48H58N14O5S2/c1-29(2)41(45(65)61-20-9-13-35(61)44(64)53-26-39-52-25-37(68-39)31-11-7-12-32(63)23-31)62-28-38(56-58-62)66-22-6-5-18-59-19-10-21-60(30(3)27-59)47-51-17-15-34(54-47)43-55-46(67-57-43)48(4)16-8-14-36-40(48)33(24-49)42(50)69-36/h7,11-12,15,17,23,25,28-30,35,41,63H,5-6,8-10,13-14,16,18-22,26-27,50H2,1-4H3,(H,53,64)/t30-,35-,41-,48-/m0/s1. The van der Waals surface area contributed by atoms with E-state index in [0.29, 0.717) is 59.4 Å². The van der Waals surface area contributed by atoms with Gasteiger partial charge in [-0.05, 0) is 108 Å². The Bertz CT molecular complexity index is 2820. The molecule has 2 fully saturated rings. The molecule has 2 amide bonds. The summed E-state index contributed by atoms with van der Waals surface area (Å²) in [5.74, 6) is 1.49. The van der Waals surface area contributed by atoms with Crippen LogP contribution >= 0.6 is 22.7 Å². The van der Waals surface area contributed by atoms with Crippen molar-refractivity contribution in [3.63, 3.8) is 0 Å². The number of hydrogen-bond donors (Lipinski definition) is 3. The van der Waals surface area contributed by atoms with Crippen LogP contribution in [-0.4, -0.2) is 118 Å². The van der Waals surface area contributed by atoms with Gasteiger partial charge in [-0.25, -0.2) is 19.6 Å². The van der Waals surface area contributed by atoms with Crippen molar-refractivity contribution >= 4 is 45.4 Å². The van der Waals surface area contributed by atoms with Gasteiger partial charge in [-0.15, -0.1) is 22.7 Å². The minimum Gasteiger partial charge on any atom is -0.508 e. The molecule has 7 heterocycles. The minimum absolute atomic E-state index is 0.115. The molecule has 0 bridgehead atoms. The maximum Gasteiger partial charge on any atom is 0.253 e. The molecule has 69 heavy (non-hydrogen) atoms. The number of rotatable bonds is 16. The van der Waals surface area contributed by atoms with Crippen LogP contribution in [0.15, 0.2) is 53.4 Å². The molecule has 0 unspecified atom stereocenters. The number of thiazole rings is 1. The van der Waals surface area contributed by atoms with Gasteiger partial charge in [0.25, 0.3) is 5.88 Å². The number of anilines is 2. The van der Waals surface area contributed by atoms with Crippen LogP contribution in [0.2, 0.25) is 0 Å². The average Bonchev–Trinajstić information content (AvgIpc) is 4.20. The summed E-state index contributed by atoms with van der Waals surface area (Å²) in [5, 5.41) is 37.0. The number of aryl methyl sites for hydroxylation is 1. The zero-order valence-corrected chi connectivity index (χ0v) is 41.0.